The van der Waals surface area contributed by atoms with Crippen LogP contribution >= 0.6 is 0 Å². The maximum Gasteiger partial charge on any atom is 0.338 e. The van der Waals surface area contributed by atoms with Gasteiger partial charge in [0.2, 0.25) is 0 Å². The van der Waals surface area contributed by atoms with E-state index in [9.17, 15) is 4.79 Å². The van der Waals surface area contributed by atoms with Crippen molar-refractivity contribution in [3.63, 3.8) is 0 Å². The van der Waals surface area contributed by atoms with E-state index in [4.69, 9.17) is 27.1 Å². The molecule has 0 aliphatic rings. The van der Waals surface area contributed by atoms with E-state index in [-0.39, 0.29) is 24.6 Å². The molecule has 0 aromatic heterocycles. The van der Waals surface area contributed by atoms with Crippen LogP contribution in [0.5, 0.6) is 0 Å². The molecule has 0 saturated carbocycles. The van der Waals surface area contributed by atoms with Gasteiger partial charge in [0.15, 0.2) is 6.10 Å². The molecule has 0 radical (unpaired) electrons. The van der Waals surface area contributed by atoms with Crippen molar-refractivity contribution in [3.8, 4) is 0 Å². The van der Waals surface area contributed by atoms with Crippen molar-refractivity contribution >= 4 is 17.5 Å². The monoisotopic (exact) mass is 188 g/mol. The molecule has 0 amide bonds. The summed E-state index contributed by atoms with van der Waals surface area (Å²) in [6, 6.07) is 0. The van der Waals surface area contributed by atoms with E-state index in [1.807, 2.05) is 0 Å². The minimum atomic E-state index is -1.77. The van der Waals surface area contributed by atoms with Crippen LogP contribution in [-0.4, -0.2) is 46.9 Å². The van der Waals surface area contributed by atoms with Gasteiger partial charge in [-0.1, -0.05) is 0 Å². The Morgan fingerprint density at radius 2 is 2.00 bits per heavy atom. The molecule has 7 heteroatoms. The molecule has 0 aliphatic carbocycles. The predicted octanol–water partition coefficient (Wildman–Crippen LogP) is -2.23. The van der Waals surface area contributed by atoms with Crippen LogP contribution < -0.4 is 11.5 Å². The highest BCUT2D eigenvalue weighted by molar-refractivity contribution is 6.09. The number of nitrogens with zero attached hydrogens (tertiary/aromatic N) is 1. The normalized spacial score (nSPS) is 13.9. The van der Waals surface area contributed by atoms with Crippen LogP contribution in [0.4, 0.5) is 0 Å². The number of carboxylic acids is 1. The minimum Gasteiger partial charge on any atom is -0.479 e. The molecule has 13 heavy (non-hydrogen) atoms. The second-order valence-electron chi connectivity index (χ2n) is 2.20. The number of amidine groups is 1. The van der Waals surface area contributed by atoms with E-state index in [1.54, 1.807) is 0 Å². The Hall–Kier alpha value is -1.31. The predicted molar refractivity (Wildman–Crippen MR) is 46.9 cm³/mol. The van der Waals surface area contributed by atoms with Gasteiger partial charge in [0.25, 0.3) is 0 Å². The molecule has 0 heterocycles. The SMILES string of the molecule is N=C(CN)N=C(CN)C(O)C(=O)O. The third kappa shape index (κ3) is 3.74. The quantitative estimate of drug-likeness (QED) is 0.250. The number of nitrogens with one attached hydrogen (secondary N) is 1. The van der Waals surface area contributed by atoms with Crippen molar-refractivity contribution in [2.24, 2.45) is 16.5 Å². The number of hydrogen-bond acceptors (Lipinski definition) is 5. The van der Waals surface area contributed by atoms with Crippen LogP contribution in [0.25, 0.3) is 0 Å². The fraction of sp³-hybridized carbons (Fsp3) is 0.500. The number of carboxylic acid groups (broad SMARTS) is 1. The van der Waals surface area contributed by atoms with E-state index in [0.717, 1.165) is 0 Å². The lowest BCUT2D eigenvalue weighted by Crippen LogP contribution is -2.36. The van der Waals surface area contributed by atoms with E-state index < -0.39 is 12.1 Å². The lowest BCUT2D eigenvalue weighted by atomic mass is 10.2. The van der Waals surface area contributed by atoms with Gasteiger partial charge in [-0.3, -0.25) is 5.41 Å². The lowest BCUT2D eigenvalue weighted by molar-refractivity contribution is -0.143. The number of aliphatic hydroxyl groups is 1. The Morgan fingerprint density at radius 3 is 2.31 bits per heavy atom. The summed E-state index contributed by atoms with van der Waals surface area (Å²) in [4.78, 5) is 13.7. The van der Waals surface area contributed by atoms with Crippen LogP contribution in [0.1, 0.15) is 0 Å². The van der Waals surface area contributed by atoms with Gasteiger partial charge in [0, 0.05) is 6.54 Å². The molecular formula is C6H12N4O3. The second-order valence-corrected chi connectivity index (χ2v) is 2.20. The highest BCUT2D eigenvalue weighted by atomic mass is 16.4. The van der Waals surface area contributed by atoms with Gasteiger partial charge >= 0.3 is 5.97 Å². The Kier molecular flexibility index (Phi) is 4.82. The van der Waals surface area contributed by atoms with Gasteiger partial charge in [-0.05, 0) is 0 Å². The summed E-state index contributed by atoms with van der Waals surface area (Å²) in [6.45, 7) is -0.355. The fourth-order valence-corrected chi connectivity index (χ4v) is 0.580. The number of rotatable bonds is 4. The molecule has 0 aromatic rings. The summed E-state index contributed by atoms with van der Waals surface area (Å²) in [6.07, 6.45) is -1.77. The lowest BCUT2D eigenvalue weighted by Gasteiger charge is -2.06. The summed E-state index contributed by atoms with van der Waals surface area (Å²) < 4.78 is 0. The van der Waals surface area contributed by atoms with Gasteiger partial charge in [-0.2, -0.15) is 0 Å². The zero-order valence-corrected chi connectivity index (χ0v) is 6.90. The molecule has 7 N–H and O–H groups in total. The summed E-state index contributed by atoms with van der Waals surface area (Å²) in [7, 11) is 0. The smallest absolute Gasteiger partial charge is 0.338 e. The molecule has 0 spiro atoms. The van der Waals surface area contributed by atoms with Gasteiger partial charge in [-0.25, -0.2) is 9.79 Å². The van der Waals surface area contributed by atoms with Crippen molar-refractivity contribution in [3.05, 3.63) is 0 Å². The average Bonchev–Trinajstić information content (AvgIpc) is 2.12. The summed E-state index contributed by atoms with van der Waals surface area (Å²) in [5, 5.41) is 24.4. The second kappa shape index (κ2) is 5.36. The van der Waals surface area contributed by atoms with E-state index in [1.165, 1.54) is 0 Å². The molecule has 7 nitrogen and oxygen atoms in total. The highest BCUT2D eigenvalue weighted by Crippen LogP contribution is 1.89. The zero-order chi connectivity index (χ0) is 10.4. The third-order valence-electron chi connectivity index (χ3n) is 1.23. The average molecular weight is 188 g/mol. The zero-order valence-electron chi connectivity index (χ0n) is 6.90. The van der Waals surface area contributed by atoms with Crippen molar-refractivity contribution in [2.45, 2.75) is 6.10 Å². The largest absolute Gasteiger partial charge is 0.479 e. The molecule has 0 bridgehead atoms. The topological polar surface area (TPSA) is 146 Å². The molecule has 74 valence electrons. The molecule has 0 fully saturated rings. The number of aliphatic imine (C=N–C) groups is 1. The van der Waals surface area contributed by atoms with Crippen molar-refractivity contribution in [1.82, 2.24) is 0 Å². The minimum absolute atomic E-state index is 0.129. The van der Waals surface area contributed by atoms with Gasteiger partial charge < -0.3 is 21.7 Å². The van der Waals surface area contributed by atoms with Crippen LogP contribution in [0.15, 0.2) is 4.99 Å². The standard InChI is InChI=1S/C6H12N4O3/c7-1-3(5(11)6(12)13)10-4(9)2-8/h5,9,11H,1-2,7-8H2,(H,12,13). The fourth-order valence-electron chi connectivity index (χ4n) is 0.580. The van der Waals surface area contributed by atoms with Crippen LogP contribution in [0, 0.1) is 5.41 Å². The molecular weight excluding hydrogens is 176 g/mol. The Morgan fingerprint density at radius 1 is 1.46 bits per heavy atom. The number of aliphatic carboxylic acids is 1. The first-order chi connectivity index (χ1) is 6.02. The van der Waals surface area contributed by atoms with Crippen LogP contribution in [0.3, 0.4) is 0 Å². The molecule has 0 aliphatic heterocycles. The summed E-state index contributed by atoms with van der Waals surface area (Å²) >= 11 is 0. The first-order valence-corrected chi connectivity index (χ1v) is 3.48. The van der Waals surface area contributed by atoms with Crippen molar-refractivity contribution in [2.75, 3.05) is 13.1 Å². The first kappa shape index (κ1) is 11.7. The maximum atomic E-state index is 10.3. The van der Waals surface area contributed by atoms with E-state index in [2.05, 4.69) is 4.99 Å². The Labute approximate surface area is 74.6 Å². The van der Waals surface area contributed by atoms with Gasteiger partial charge in [-0.15, -0.1) is 0 Å². The summed E-state index contributed by atoms with van der Waals surface area (Å²) in [5.74, 6) is -1.67. The van der Waals surface area contributed by atoms with Crippen LogP contribution in [0.2, 0.25) is 0 Å². The number of nitrogens with two attached hydrogens (primary N) is 2. The Balaban J connectivity index is 4.58. The summed E-state index contributed by atoms with van der Waals surface area (Å²) in [5.41, 5.74) is 9.99. The van der Waals surface area contributed by atoms with Crippen molar-refractivity contribution < 1.29 is 15.0 Å². The first-order valence-electron chi connectivity index (χ1n) is 3.48. The Bertz CT molecular complexity index is 238. The van der Waals surface area contributed by atoms with Gasteiger partial charge in [0.05, 0.1) is 12.3 Å². The van der Waals surface area contributed by atoms with Crippen LogP contribution in [-0.2, 0) is 4.79 Å². The molecule has 0 rings (SSSR count). The molecule has 0 aromatic carbocycles. The molecule has 1 unspecified atom stereocenters. The van der Waals surface area contributed by atoms with E-state index >= 15 is 0 Å². The number of carbonyl (C=O) groups is 1. The molecule has 0 saturated heterocycles. The molecule has 1 atom stereocenters. The third-order valence-corrected chi connectivity index (χ3v) is 1.23. The van der Waals surface area contributed by atoms with Gasteiger partial charge in [0.1, 0.15) is 5.84 Å². The maximum absolute atomic E-state index is 10.3. The van der Waals surface area contributed by atoms with Crippen molar-refractivity contribution in [1.29, 1.82) is 5.41 Å². The van der Waals surface area contributed by atoms with E-state index in [0.29, 0.717) is 0 Å². The highest BCUT2D eigenvalue weighted by Gasteiger charge is 2.19. The number of hydrogen-bond donors (Lipinski definition) is 5. The number of aliphatic hydroxyl groups excluding tert-OH is 1.